The summed E-state index contributed by atoms with van der Waals surface area (Å²) in [6, 6.07) is 12.6. The molecule has 0 bridgehead atoms. The highest BCUT2D eigenvalue weighted by Crippen LogP contribution is 2.37. The number of halogens is 1. The Kier molecular flexibility index (Phi) is 8.94. The van der Waals surface area contributed by atoms with Crippen LogP contribution in [-0.4, -0.2) is 110 Å². The van der Waals surface area contributed by atoms with Gasteiger partial charge in [0.05, 0.1) is 12.2 Å². The topological polar surface area (TPSA) is 104 Å². The number of anilines is 2. The van der Waals surface area contributed by atoms with Gasteiger partial charge in [-0.3, -0.25) is 4.90 Å². The van der Waals surface area contributed by atoms with E-state index in [4.69, 9.17) is 24.2 Å². The first-order valence-corrected chi connectivity index (χ1v) is 15.0. The highest BCUT2D eigenvalue weighted by Gasteiger charge is 2.29. The second-order valence-corrected chi connectivity index (χ2v) is 11.3. The Bertz CT molecular complexity index is 1440. The number of carbonyl (C=O) groups is 1. The van der Waals surface area contributed by atoms with Crippen molar-refractivity contribution in [3.63, 3.8) is 0 Å². The van der Waals surface area contributed by atoms with Gasteiger partial charge in [-0.2, -0.15) is 9.97 Å². The summed E-state index contributed by atoms with van der Waals surface area (Å²) < 4.78 is 31.0. The Morgan fingerprint density at radius 1 is 1.05 bits per heavy atom. The standard InChI is InChI=1S/C31H39FN6O5/c1-41-21-43-24-17-22-5-2-3-7-25(22)28(18-24)38-10-8-26-27(20-38)33-30(42-16-15-35-9-4-6-23(32)19-35)34-29(26)36-11-13-37(14-12-36)31(39)40/h2-3,5,7,17-18,23H,4,6,8-16,19-21H2,1H3,(H,39,40). The molecule has 3 aliphatic heterocycles. The van der Waals surface area contributed by atoms with Crippen LogP contribution in [0, 0.1) is 0 Å². The number of amides is 1. The molecule has 2 aromatic carbocycles. The van der Waals surface area contributed by atoms with E-state index in [9.17, 15) is 14.3 Å². The van der Waals surface area contributed by atoms with Gasteiger partial charge < -0.3 is 34.0 Å². The number of hydrogen-bond acceptors (Lipinski definition) is 9. The van der Waals surface area contributed by atoms with E-state index in [2.05, 4.69) is 26.8 Å². The minimum absolute atomic E-state index is 0.163. The molecule has 11 nitrogen and oxygen atoms in total. The van der Waals surface area contributed by atoms with Crippen molar-refractivity contribution in [3.8, 4) is 11.8 Å². The van der Waals surface area contributed by atoms with Crippen molar-refractivity contribution in [1.29, 1.82) is 0 Å². The summed E-state index contributed by atoms with van der Waals surface area (Å²) >= 11 is 0. The van der Waals surface area contributed by atoms with E-state index in [1.54, 1.807) is 7.11 Å². The monoisotopic (exact) mass is 594 g/mol. The molecule has 230 valence electrons. The largest absolute Gasteiger partial charge is 0.467 e. The lowest BCUT2D eigenvalue weighted by atomic mass is 10.0. The third-order valence-corrected chi connectivity index (χ3v) is 8.46. The van der Waals surface area contributed by atoms with Gasteiger partial charge in [-0.1, -0.05) is 24.3 Å². The zero-order valence-electron chi connectivity index (χ0n) is 24.6. The molecule has 1 unspecified atom stereocenters. The first-order valence-electron chi connectivity index (χ1n) is 15.0. The number of fused-ring (bicyclic) bond motifs is 2. The lowest BCUT2D eigenvalue weighted by Gasteiger charge is -2.37. The Morgan fingerprint density at radius 2 is 1.88 bits per heavy atom. The molecule has 1 atom stereocenters. The molecule has 0 aliphatic carbocycles. The molecule has 1 aromatic heterocycles. The molecule has 3 aromatic rings. The molecule has 12 heteroatoms. The fourth-order valence-corrected chi connectivity index (χ4v) is 6.23. The van der Waals surface area contributed by atoms with E-state index in [0.717, 1.165) is 65.2 Å². The fourth-order valence-electron chi connectivity index (χ4n) is 6.23. The summed E-state index contributed by atoms with van der Waals surface area (Å²) in [7, 11) is 1.60. The van der Waals surface area contributed by atoms with Gasteiger partial charge in [-0.15, -0.1) is 0 Å². The van der Waals surface area contributed by atoms with Crippen molar-refractivity contribution < 1.29 is 28.5 Å². The first kappa shape index (κ1) is 29.2. The number of carboxylic acid groups (broad SMARTS) is 1. The zero-order valence-corrected chi connectivity index (χ0v) is 24.6. The van der Waals surface area contributed by atoms with E-state index in [1.165, 1.54) is 4.90 Å². The highest BCUT2D eigenvalue weighted by atomic mass is 19.1. The zero-order chi connectivity index (χ0) is 29.8. The van der Waals surface area contributed by atoms with Crippen LogP contribution in [0.15, 0.2) is 36.4 Å². The number of methoxy groups -OCH3 is 1. The second-order valence-electron chi connectivity index (χ2n) is 11.3. The number of ether oxygens (including phenoxy) is 3. The summed E-state index contributed by atoms with van der Waals surface area (Å²) in [5, 5.41) is 11.6. The van der Waals surface area contributed by atoms with E-state index in [-0.39, 0.29) is 6.79 Å². The van der Waals surface area contributed by atoms with Crippen molar-refractivity contribution in [3.05, 3.63) is 47.7 Å². The van der Waals surface area contributed by atoms with Gasteiger partial charge in [0, 0.05) is 75.6 Å². The second kappa shape index (κ2) is 13.2. The average molecular weight is 595 g/mol. The van der Waals surface area contributed by atoms with E-state index < -0.39 is 12.3 Å². The Morgan fingerprint density at radius 3 is 2.67 bits per heavy atom. The maximum absolute atomic E-state index is 13.9. The van der Waals surface area contributed by atoms with E-state index in [1.807, 2.05) is 24.3 Å². The number of piperazine rings is 1. The van der Waals surface area contributed by atoms with Gasteiger partial charge >= 0.3 is 12.1 Å². The third-order valence-electron chi connectivity index (χ3n) is 8.46. The summed E-state index contributed by atoms with van der Waals surface area (Å²) in [6.45, 7) is 5.68. The predicted molar refractivity (Wildman–Crippen MR) is 161 cm³/mol. The molecule has 2 saturated heterocycles. The van der Waals surface area contributed by atoms with Crippen molar-refractivity contribution >= 4 is 28.4 Å². The molecule has 4 heterocycles. The lowest BCUT2D eigenvalue weighted by Crippen LogP contribution is -2.49. The number of benzene rings is 2. The fraction of sp³-hybridized carbons (Fsp3) is 0.516. The van der Waals surface area contributed by atoms with Crippen molar-refractivity contribution in [2.24, 2.45) is 0 Å². The number of aromatic nitrogens is 2. The summed E-state index contributed by atoms with van der Waals surface area (Å²) in [6.07, 6.45) is 0.515. The number of nitrogens with zero attached hydrogens (tertiary/aromatic N) is 6. The van der Waals surface area contributed by atoms with Crippen molar-refractivity contribution in [2.45, 2.75) is 32.0 Å². The van der Waals surface area contributed by atoms with Gasteiger partial charge in [0.2, 0.25) is 0 Å². The predicted octanol–water partition coefficient (Wildman–Crippen LogP) is 3.79. The maximum atomic E-state index is 13.9. The molecular weight excluding hydrogens is 555 g/mol. The van der Waals surface area contributed by atoms with Crippen molar-refractivity contribution in [1.82, 2.24) is 19.8 Å². The van der Waals surface area contributed by atoms with Gasteiger partial charge in [0.15, 0.2) is 6.79 Å². The maximum Gasteiger partial charge on any atom is 0.407 e. The summed E-state index contributed by atoms with van der Waals surface area (Å²) in [4.78, 5) is 29.2. The smallest absolute Gasteiger partial charge is 0.407 e. The number of alkyl halides is 1. The van der Waals surface area contributed by atoms with E-state index in [0.29, 0.717) is 64.9 Å². The van der Waals surface area contributed by atoms with Crippen LogP contribution < -0.4 is 19.3 Å². The summed E-state index contributed by atoms with van der Waals surface area (Å²) in [5.41, 5.74) is 3.01. The highest BCUT2D eigenvalue weighted by molar-refractivity contribution is 5.95. The molecule has 0 radical (unpaired) electrons. The van der Waals surface area contributed by atoms with Gasteiger partial charge in [-0.25, -0.2) is 9.18 Å². The van der Waals surface area contributed by atoms with Gasteiger partial charge in [0.1, 0.15) is 24.3 Å². The quantitative estimate of drug-likeness (QED) is 0.368. The number of rotatable bonds is 9. The van der Waals surface area contributed by atoms with Crippen LogP contribution >= 0.6 is 0 Å². The Labute approximate surface area is 250 Å². The lowest BCUT2D eigenvalue weighted by molar-refractivity contribution is 0.0512. The normalized spacial score (nSPS) is 19.4. The average Bonchev–Trinajstić information content (AvgIpc) is 3.03. The molecule has 6 rings (SSSR count). The van der Waals surface area contributed by atoms with Crippen LogP contribution in [0.4, 0.5) is 20.7 Å². The molecule has 0 saturated carbocycles. The molecular formula is C31H39FN6O5. The minimum atomic E-state index is -0.902. The molecule has 43 heavy (non-hydrogen) atoms. The number of likely N-dealkylation sites (tertiary alicyclic amines) is 1. The number of hydrogen-bond donors (Lipinski definition) is 1. The van der Waals surface area contributed by atoms with Gasteiger partial charge in [0.25, 0.3) is 0 Å². The molecule has 2 fully saturated rings. The van der Waals surface area contributed by atoms with Crippen LogP contribution in [0.5, 0.6) is 11.8 Å². The minimum Gasteiger partial charge on any atom is -0.467 e. The van der Waals surface area contributed by atoms with Crippen LogP contribution in [0.2, 0.25) is 0 Å². The molecule has 3 aliphatic rings. The molecule has 1 N–H and O–H groups in total. The Balaban J connectivity index is 1.27. The van der Waals surface area contributed by atoms with Crippen LogP contribution in [0.1, 0.15) is 24.1 Å². The Hall–Kier alpha value is -3.90. The van der Waals surface area contributed by atoms with E-state index >= 15 is 0 Å². The number of piperidine rings is 1. The van der Waals surface area contributed by atoms with Gasteiger partial charge in [-0.05, 0) is 37.3 Å². The summed E-state index contributed by atoms with van der Waals surface area (Å²) in [5.74, 6) is 1.55. The molecule has 1 amide bonds. The molecule has 0 spiro atoms. The first-order chi connectivity index (χ1) is 21.0. The third kappa shape index (κ3) is 6.70. The van der Waals surface area contributed by atoms with Crippen molar-refractivity contribution in [2.75, 3.05) is 82.7 Å². The SMILES string of the molecule is COCOc1cc(N2CCc3c(nc(OCCN4CCCC(F)C4)nc3N3CCN(C(=O)O)CC3)C2)c2ccccc2c1. The van der Waals surface area contributed by atoms with Crippen LogP contribution in [0.3, 0.4) is 0 Å². The van der Waals surface area contributed by atoms with Crippen LogP contribution in [-0.2, 0) is 17.7 Å². The van der Waals surface area contributed by atoms with Crippen LogP contribution in [0.25, 0.3) is 10.8 Å².